The van der Waals surface area contributed by atoms with Gasteiger partial charge in [0.2, 0.25) is 0 Å². The van der Waals surface area contributed by atoms with Crippen LogP contribution in [0.3, 0.4) is 0 Å². The molecular weight excluding hydrogens is 374 g/mol. The van der Waals surface area contributed by atoms with Crippen LogP contribution in [0.15, 0.2) is 23.8 Å². The average molecular weight is 393 g/mol. The number of aromatic nitrogens is 3. The molecule has 26 heavy (non-hydrogen) atoms. The van der Waals surface area contributed by atoms with E-state index in [2.05, 4.69) is 20.3 Å². The van der Waals surface area contributed by atoms with Gasteiger partial charge in [-0.3, -0.25) is 0 Å². The van der Waals surface area contributed by atoms with Crippen molar-refractivity contribution in [1.82, 2.24) is 20.3 Å². The van der Waals surface area contributed by atoms with Crippen molar-refractivity contribution >= 4 is 37.9 Å². The quantitative estimate of drug-likeness (QED) is 0.579. The maximum Gasteiger partial charge on any atom is 0.148 e. The molecule has 0 saturated heterocycles. The van der Waals surface area contributed by atoms with Crippen molar-refractivity contribution in [3.63, 3.8) is 0 Å². The van der Waals surface area contributed by atoms with E-state index in [-0.39, 0.29) is 5.75 Å². The molecule has 0 aliphatic heterocycles. The van der Waals surface area contributed by atoms with Gasteiger partial charge in [0.25, 0.3) is 0 Å². The number of sulfone groups is 1. The number of fused-ring (bicyclic) bond motifs is 1. The molecular formula is C16H19N5O3S2. The Balaban J connectivity index is 1.83. The summed E-state index contributed by atoms with van der Waals surface area (Å²) in [6.07, 6.45) is 2.64. The molecule has 0 saturated carbocycles. The molecule has 0 spiro atoms. The highest BCUT2D eigenvalue weighted by atomic mass is 32.2. The summed E-state index contributed by atoms with van der Waals surface area (Å²) in [4.78, 5) is 12.8. The lowest BCUT2D eigenvalue weighted by Crippen LogP contribution is -2.21. The van der Waals surface area contributed by atoms with E-state index in [1.165, 1.54) is 23.9 Å². The van der Waals surface area contributed by atoms with Crippen LogP contribution < -0.4 is 15.8 Å². The third kappa shape index (κ3) is 4.26. The first-order valence-electron chi connectivity index (χ1n) is 7.79. The van der Waals surface area contributed by atoms with Crippen LogP contribution in [0.1, 0.15) is 5.01 Å². The van der Waals surface area contributed by atoms with Crippen LogP contribution in [0.5, 0.6) is 5.75 Å². The van der Waals surface area contributed by atoms with Gasteiger partial charge in [-0.2, -0.15) is 0 Å². The normalized spacial score (nSPS) is 11.8. The highest BCUT2D eigenvalue weighted by molar-refractivity contribution is 7.90. The number of anilines is 1. The van der Waals surface area contributed by atoms with Crippen molar-refractivity contribution < 1.29 is 13.2 Å². The highest BCUT2D eigenvalue weighted by Gasteiger charge is 2.14. The maximum absolute atomic E-state index is 11.1. The Hall–Kier alpha value is -2.30. The molecule has 3 aromatic rings. The number of rotatable bonds is 7. The molecule has 138 valence electrons. The predicted molar refractivity (Wildman–Crippen MR) is 103 cm³/mol. The summed E-state index contributed by atoms with van der Waals surface area (Å²) in [7, 11) is -1.38. The molecule has 0 atom stereocenters. The second-order valence-corrected chi connectivity index (χ2v) is 8.96. The van der Waals surface area contributed by atoms with Gasteiger partial charge in [-0.25, -0.2) is 23.4 Å². The lowest BCUT2D eigenvalue weighted by Gasteiger charge is -2.09. The van der Waals surface area contributed by atoms with Crippen molar-refractivity contribution in [1.29, 1.82) is 0 Å². The summed E-state index contributed by atoms with van der Waals surface area (Å²) < 4.78 is 27.8. The minimum atomic E-state index is -2.97. The molecule has 0 amide bonds. The molecule has 0 radical (unpaired) electrons. The molecule has 8 nitrogen and oxygen atoms in total. The second kappa shape index (κ2) is 7.52. The summed E-state index contributed by atoms with van der Waals surface area (Å²) in [5.74, 6) is 1.15. The molecule has 0 bridgehead atoms. The highest BCUT2D eigenvalue weighted by Crippen LogP contribution is 2.35. The standard InChI is InChI=1S/C16H19N5O3S2/c1-24-14-6-12-11(16(17)20-9-19-12)5-10(14)13-8-25-15(21-13)7-18-3-4-26(2,22)23/h5-6,8-9,18H,3-4,7H2,1-2H3,(H2,17,19,20). The van der Waals surface area contributed by atoms with Crippen molar-refractivity contribution in [3.8, 4) is 17.0 Å². The number of ether oxygens (including phenoxy) is 1. The third-order valence-corrected chi connectivity index (χ3v) is 5.54. The molecule has 0 unspecified atom stereocenters. The number of methoxy groups -OCH3 is 1. The van der Waals surface area contributed by atoms with Crippen molar-refractivity contribution in [2.75, 3.05) is 31.4 Å². The predicted octanol–water partition coefficient (Wildman–Crippen LogP) is 1.48. The van der Waals surface area contributed by atoms with Gasteiger partial charge in [0, 0.05) is 41.7 Å². The summed E-state index contributed by atoms with van der Waals surface area (Å²) in [5.41, 5.74) is 8.22. The Morgan fingerprint density at radius 3 is 2.85 bits per heavy atom. The number of thiazole rings is 1. The first-order valence-corrected chi connectivity index (χ1v) is 10.7. The topological polar surface area (TPSA) is 120 Å². The number of nitrogens with two attached hydrogens (primary N) is 1. The van der Waals surface area contributed by atoms with Crippen molar-refractivity contribution in [3.05, 3.63) is 28.8 Å². The fourth-order valence-corrected chi connectivity index (χ4v) is 3.72. The number of hydrogen-bond donors (Lipinski definition) is 2. The average Bonchev–Trinajstić information content (AvgIpc) is 3.06. The molecule has 0 fully saturated rings. The number of nitrogen functional groups attached to an aromatic ring is 1. The summed E-state index contributed by atoms with van der Waals surface area (Å²) in [6.45, 7) is 0.891. The van der Waals surface area contributed by atoms with E-state index >= 15 is 0 Å². The Labute approximate surface area is 155 Å². The Bertz CT molecular complexity index is 1030. The van der Waals surface area contributed by atoms with E-state index in [4.69, 9.17) is 10.5 Å². The monoisotopic (exact) mass is 393 g/mol. The molecule has 3 N–H and O–H groups in total. The first kappa shape index (κ1) is 18.5. The molecule has 10 heteroatoms. The number of nitrogens with one attached hydrogen (secondary N) is 1. The van der Waals surface area contributed by atoms with Gasteiger partial charge in [-0.05, 0) is 6.07 Å². The first-order chi connectivity index (χ1) is 12.4. The van der Waals surface area contributed by atoms with Crippen molar-refractivity contribution in [2.45, 2.75) is 6.54 Å². The molecule has 2 heterocycles. The van der Waals surface area contributed by atoms with E-state index in [1.54, 1.807) is 7.11 Å². The fourth-order valence-electron chi connectivity index (χ4n) is 2.44. The van der Waals surface area contributed by atoms with Crippen LogP contribution in [0.25, 0.3) is 22.2 Å². The molecule has 0 aliphatic carbocycles. The van der Waals surface area contributed by atoms with Crippen LogP contribution in [-0.4, -0.2) is 49.0 Å². The fraction of sp³-hybridized carbons (Fsp3) is 0.312. The summed E-state index contributed by atoms with van der Waals surface area (Å²) >= 11 is 1.49. The Morgan fingerprint density at radius 2 is 2.12 bits per heavy atom. The Kier molecular flexibility index (Phi) is 5.35. The summed E-state index contributed by atoms with van der Waals surface area (Å²) in [6, 6.07) is 3.69. The van der Waals surface area contributed by atoms with E-state index in [0.717, 1.165) is 21.7 Å². The van der Waals surface area contributed by atoms with Crippen molar-refractivity contribution in [2.24, 2.45) is 0 Å². The van der Waals surface area contributed by atoms with Crippen LogP contribution in [0.4, 0.5) is 5.82 Å². The van der Waals surface area contributed by atoms with E-state index in [9.17, 15) is 8.42 Å². The minimum Gasteiger partial charge on any atom is -0.496 e. The molecule has 1 aromatic carbocycles. The number of hydrogen-bond acceptors (Lipinski definition) is 9. The zero-order valence-electron chi connectivity index (χ0n) is 14.4. The van der Waals surface area contributed by atoms with Crippen LogP contribution in [0, 0.1) is 0 Å². The van der Waals surface area contributed by atoms with E-state index in [0.29, 0.717) is 30.2 Å². The van der Waals surface area contributed by atoms with Gasteiger partial charge in [0.05, 0.1) is 24.1 Å². The lowest BCUT2D eigenvalue weighted by atomic mass is 10.1. The molecule has 3 rings (SSSR count). The van der Waals surface area contributed by atoms with Crippen LogP contribution >= 0.6 is 11.3 Å². The summed E-state index contributed by atoms with van der Waals surface area (Å²) in [5, 5.41) is 6.61. The zero-order valence-corrected chi connectivity index (χ0v) is 16.0. The van der Waals surface area contributed by atoms with Crippen LogP contribution in [0.2, 0.25) is 0 Å². The number of benzene rings is 1. The van der Waals surface area contributed by atoms with Gasteiger partial charge in [-0.15, -0.1) is 11.3 Å². The Morgan fingerprint density at radius 1 is 1.31 bits per heavy atom. The van der Waals surface area contributed by atoms with Gasteiger partial charge in [-0.1, -0.05) is 0 Å². The largest absolute Gasteiger partial charge is 0.496 e. The SMILES string of the molecule is COc1cc2ncnc(N)c2cc1-c1csc(CNCCS(C)(=O)=O)n1. The number of nitrogens with zero attached hydrogens (tertiary/aromatic N) is 3. The van der Waals surface area contributed by atoms with Gasteiger partial charge in [0.15, 0.2) is 0 Å². The van der Waals surface area contributed by atoms with Gasteiger partial charge in [0.1, 0.15) is 32.7 Å². The lowest BCUT2D eigenvalue weighted by molar-refractivity contribution is 0.417. The maximum atomic E-state index is 11.1. The van der Waals surface area contributed by atoms with E-state index in [1.807, 2.05) is 17.5 Å². The zero-order chi connectivity index (χ0) is 18.7. The third-order valence-electron chi connectivity index (χ3n) is 3.74. The smallest absolute Gasteiger partial charge is 0.148 e. The van der Waals surface area contributed by atoms with Gasteiger partial charge < -0.3 is 15.8 Å². The molecule has 2 aromatic heterocycles. The van der Waals surface area contributed by atoms with Crippen LogP contribution in [-0.2, 0) is 16.4 Å². The van der Waals surface area contributed by atoms with E-state index < -0.39 is 9.84 Å². The minimum absolute atomic E-state index is 0.100. The molecule has 0 aliphatic rings. The second-order valence-electron chi connectivity index (χ2n) is 5.76. The van der Waals surface area contributed by atoms with Gasteiger partial charge >= 0.3 is 0 Å².